The Kier molecular flexibility index (Phi) is 2.27. The van der Waals surface area contributed by atoms with Gasteiger partial charge in [-0.25, -0.2) is 0 Å². The highest BCUT2D eigenvalue weighted by atomic mass is 16.2. The minimum Gasteiger partial charge on any atom is -0.352 e. The van der Waals surface area contributed by atoms with Gasteiger partial charge in [0, 0.05) is 30.8 Å². The molecule has 0 spiro atoms. The normalized spacial score (nSPS) is 15.6. The third-order valence-corrected chi connectivity index (χ3v) is 2.74. The van der Waals surface area contributed by atoms with Crippen molar-refractivity contribution in [2.24, 2.45) is 13.0 Å². The van der Waals surface area contributed by atoms with Gasteiger partial charge < -0.3 is 5.32 Å². The summed E-state index contributed by atoms with van der Waals surface area (Å²) in [6.07, 6.45) is 3.91. The van der Waals surface area contributed by atoms with Crippen molar-refractivity contribution in [2.75, 3.05) is 0 Å². The van der Waals surface area contributed by atoms with Crippen molar-refractivity contribution in [2.45, 2.75) is 26.3 Å². The first-order chi connectivity index (χ1) is 6.68. The van der Waals surface area contributed by atoms with Crippen LogP contribution in [0.1, 0.15) is 24.1 Å². The molecule has 1 fully saturated rings. The second-order valence-electron chi connectivity index (χ2n) is 3.87. The summed E-state index contributed by atoms with van der Waals surface area (Å²) in [6, 6.07) is 0. The molecule has 1 aliphatic carbocycles. The number of hydrogen-bond donors (Lipinski definition) is 1. The fraction of sp³-hybridized carbons (Fsp3) is 0.600. The summed E-state index contributed by atoms with van der Waals surface area (Å²) in [7, 11) is 1.90. The lowest BCUT2D eigenvalue weighted by molar-refractivity contribution is -0.122. The zero-order valence-corrected chi connectivity index (χ0v) is 8.58. The van der Waals surface area contributed by atoms with Crippen molar-refractivity contribution in [1.29, 1.82) is 0 Å². The van der Waals surface area contributed by atoms with Gasteiger partial charge in [0.15, 0.2) is 0 Å². The second kappa shape index (κ2) is 3.44. The lowest BCUT2D eigenvalue weighted by atomic mass is 10.2. The highest BCUT2D eigenvalue weighted by Gasteiger charge is 2.29. The Hall–Kier alpha value is -1.32. The molecule has 14 heavy (non-hydrogen) atoms. The van der Waals surface area contributed by atoms with Crippen LogP contribution in [0.3, 0.4) is 0 Å². The largest absolute Gasteiger partial charge is 0.352 e. The maximum Gasteiger partial charge on any atom is 0.223 e. The molecule has 1 N–H and O–H groups in total. The van der Waals surface area contributed by atoms with E-state index in [1.165, 1.54) is 0 Å². The van der Waals surface area contributed by atoms with E-state index in [-0.39, 0.29) is 11.8 Å². The SMILES string of the molecule is Cc1c(CNC(=O)C2CC2)cnn1C. The van der Waals surface area contributed by atoms with Crippen molar-refractivity contribution in [3.05, 3.63) is 17.5 Å². The molecule has 0 bridgehead atoms. The van der Waals surface area contributed by atoms with E-state index in [1.807, 2.05) is 24.9 Å². The van der Waals surface area contributed by atoms with Crippen molar-refractivity contribution in [3.63, 3.8) is 0 Å². The van der Waals surface area contributed by atoms with E-state index in [2.05, 4.69) is 10.4 Å². The number of nitrogens with zero attached hydrogens (tertiary/aromatic N) is 2. The Labute approximate surface area is 83.3 Å². The third kappa shape index (κ3) is 1.78. The molecule has 0 atom stereocenters. The van der Waals surface area contributed by atoms with Gasteiger partial charge in [0.25, 0.3) is 0 Å². The number of carbonyl (C=O) groups excluding carboxylic acids is 1. The van der Waals surface area contributed by atoms with Crippen LogP contribution in [-0.4, -0.2) is 15.7 Å². The number of aryl methyl sites for hydroxylation is 1. The molecule has 4 heteroatoms. The Morgan fingerprint density at radius 2 is 2.43 bits per heavy atom. The number of amides is 1. The molecule has 0 saturated heterocycles. The number of carbonyl (C=O) groups is 1. The van der Waals surface area contributed by atoms with Crippen molar-refractivity contribution < 1.29 is 4.79 Å². The van der Waals surface area contributed by atoms with Crippen molar-refractivity contribution in [1.82, 2.24) is 15.1 Å². The summed E-state index contributed by atoms with van der Waals surface area (Å²) in [5.74, 6) is 0.472. The molecular weight excluding hydrogens is 178 g/mol. The Morgan fingerprint density at radius 3 is 2.93 bits per heavy atom. The van der Waals surface area contributed by atoms with Gasteiger partial charge in [-0.15, -0.1) is 0 Å². The molecule has 0 unspecified atom stereocenters. The van der Waals surface area contributed by atoms with Crippen LogP contribution in [-0.2, 0) is 18.4 Å². The lowest BCUT2D eigenvalue weighted by Gasteiger charge is -2.03. The van der Waals surface area contributed by atoms with E-state index in [0.29, 0.717) is 6.54 Å². The van der Waals surface area contributed by atoms with Crippen LogP contribution in [0, 0.1) is 12.8 Å². The molecule has 0 aliphatic heterocycles. The lowest BCUT2D eigenvalue weighted by Crippen LogP contribution is -2.24. The van der Waals surface area contributed by atoms with Gasteiger partial charge in [-0.2, -0.15) is 5.10 Å². The number of nitrogens with one attached hydrogen (secondary N) is 1. The van der Waals surface area contributed by atoms with Gasteiger partial charge in [0.1, 0.15) is 0 Å². The number of hydrogen-bond acceptors (Lipinski definition) is 2. The summed E-state index contributed by atoms with van der Waals surface area (Å²) in [5.41, 5.74) is 2.21. The first kappa shape index (κ1) is 9.24. The molecule has 0 radical (unpaired) electrons. The third-order valence-electron chi connectivity index (χ3n) is 2.74. The van der Waals surface area contributed by atoms with Gasteiger partial charge in [-0.3, -0.25) is 9.48 Å². The molecule has 1 aromatic rings. The molecular formula is C10H15N3O. The van der Waals surface area contributed by atoms with Crippen molar-refractivity contribution >= 4 is 5.91 Å². The molecule has 2 rings (SSSR count). The highest BCUT2D eigenvalue weighted by molar-refractivity contribution is 5.80. The number of aromatic nitrogens is 2. The summed E-state index contributed by atoms with van der Waals surface area (Å²) < 4.78 is 1.82. The van der Waals surface area contributed by atoms with Crippen LogP contribution in [0.5, 0.6) is 0 Å². The smallest absolute Gasteiger partial charge is 0.223 e. The monoisotopic (exact) mass is 193 g/mol. The van der Waals surface area contributed by atoms with E-state index in [9.17, 15) is 4.79 Å². The molecule has 1 amide bonds. The zero-order valence-electron chi connectivity index (χ0n) is 8.58. The van der Waals surface area contributed by atoms with Crippen LogP contribution < -0.4 is 5.32 Å². The predicted molar refractivity (Wildman–Crippen MR) is 52.5 cm³/mol. The maximum absolute atomic E-state index is 11.4. The standard InChI is InChI=1S/C10H15N3O/c1-7-9(6-12-13(7)2)5-11-10(14)8-3-4-8/h6,8H,3-5H2,1-2H3,(H,11,14). The Balaban J connectivity index is 1.90. The molecule has 1 aliphatic rings. The predicted octanol–water partition coefficient (Wildman–Crippen LogP) is 0.755. The summed E-state index contributed by atoms with van der Waals surface area (Å²) in [4.78, 5) is 11.4. The van der Waals surface area contributed by atoms with E-state index in [1.54, 1.807) is 0 Å². The zero-order chi connectivity index (χ0) is 10.1. The fourth-order valence-corrected chi connectivity index (χ4v) is 1.39. The molecule has 1 heterocycles. The number of rotatable bonds is 3. The quantitative estimate of drug-likeness (QED) is 0.770. The van der Waals surface area contributed by atoms with Gasteiger partial charge in [0.2, 0.25) is 5.91 Å². The van der Waals surface area contributed by atoms with Crippen LogP contribution in [0.4, 0.5) is 0 Å². The van der Waals surface area contributed by atoms with Crippen molar-refractivity contribution in [3.8, 4) is 0 Å². The van der Waals surface area contributed by atoms with Gasteiger partial charge in [0.05, 0.1) is 6.20 Å². The highest BCUT2D eigenvalue weighted by Crippen LogP contribution is 2.28. The van der Waals surface area contributed by atoms with Gasteiger partial charge in [-0.05, 0) is 19.8 Å². The van der Waals surface area contributed by atoms with Crippen LogP contribution in [0.25, 0.3) is 0 Å². The molecule has 0 aromatic carbocycles. The second-order valence-corrected chi connectivity index (χ2v) is 3.87. The molecule has 1 aromatic heterocycles. The van der Waals surface area contributed by atoms with E-state index >= 15 is 0 Å². The fourth-order valence-electron chi connectivity index (χ4n) is 1.39. The summed E-state index contributed by atoms with van der Waals surface area (Å²) in [6.45, 7) is 2.61. The van der Waals surface area contributed by atoms with Gasteiger partial charge in [-0.1, -0.05) is 0 Å². The maximum atomic E-state index is 11.4. The van der Waals surface area contributed by atoms with E-state index < -0.39 is 0 Å². The minimum absolute atomic E-state index is 0.188. The minimum atomic E-state index is 0.188. The van der Waals surface area contributed by atoms with Crippen LogP contribution >= 0.6 is 0 Å². The molecule has 1 saturated carbocycles. The first-order valence-electron chi connectivity index (χ1n) is 4.93. The van der Waals surface area contributed by atoms with Crippen LogP contribution in [0.2, 0.25) is 0 Å². The van der Waals surface area contributed by atoms with Gasteiger partial charge >= 0.3 is 0 Å². The molecule has 76 valence electrons. The average Bonchev–Trinajstić information content (AvgIpc) is 2.95. The molecule has 4 nitrogen and oxygen atoms in total. The van der Waals surface area contributed by atoms with E-state index in [4.69, 9.17) is 0 Å². The Bertz CT molecular complexity index is 352. The summed E-state index contributed by atoms with van der Waals surface area (Å²) in [5, 5.41) is 7.04. The van der Waals surface area contributed by atoms with E-state index in [0.717, 1.165) is 24.1 Å². The summed E-state index contributed by atoms with van der Waals surface area (Å²) >= 11 is 0. The van der Waals surface area contributed by atoms with Crippen LogP contribution in [0.15, 0.2) is 6.20 Å². The Morgan fingerprint density at radius 1 is 1.71 bits per heavy atom. The average molecular weight is 193 g/mol. The first-order valence-corrected chi connectivity index (χ1v) is 4.93. The topological polar surface area (TPSA) is 46.9 Å².